The van der Waals surface area contributed by atoms with Crippen LogP contribution in [0.5, 0.6) is 0 Å². The second kappa shape index (κ2) is 9.05. The van der Waals surface area contributed by atoms with E-state index in [1.165, 1.54) is 0 Å². The van der Waals surface area contributed by atoms with Gasteiger partial charge in [0, 0.05) is 45.6 Å². The van der Waals surface area contributed by atoms with Crippen molar-refractivity contribution < 1.29 is 4.79 Å². The molecule has 10 nitrogen and oxygen atoms in total. The number of aromatic nitrogens is 5. The molecule has 4 rings (SSSR count). The van der Waals surface area contributed by atoms with Crippen molar-refractivity contribution in [2.75, 3.05) is 41.6 Å². The molecule has 3 aromatic rings. The number of fused-ring (bicyclic) bond motifs is 1. The van der Waals surface area contributed by atoms with Gasteiger partial charge in [-0.3, -0.25) is 9.48 Å². The van der Waals surface area contributed by atoms with Gasteiger partial charge in [0.1, 0.15) is 17.5 Å². The molecular formula is C23H31N9O. The molecule has 4 heterocycles. The zero-order valence-electron chi connectivity index (χ0n) is 20.0. The minimum absolute atomic E-state index is 0.0216. The Morgan fingerprint density at radius 3 is 2.76 bits per heavy atom. The summed E-state index contributed by atoms with van der Waals surface area (Å²) in [6, 6.07) is 3.79. The van der Waals surface area contributed by atoms with Crippen molar-refractivity contribution in [3.8, 4) is 0 Å². The second-order valence-electron chi connectivity index (χ2n) is 8.94. The van der Waals surface area contributed by atoms with Crippen LogP contribution in [0.3, 0.4) is 0 Å². The molecule has 10 heteroatoms. The van der Waals surface area contributed by atoms with Gasteiger partial charge in [0.25, 0.3) is 0 Å². The predicted octanol–water partition coefficient (Wildman–Crippen LogP) is 2.52. The Kier molecular flexibility index (Phi) is 6.17. The summed E-state index contributed by atoms with van der Waals surface area (Å²) >= 11 is 0. The second-order valence-corrected chi connectivity index (χ2v) is 8.94. The molecule has 1 atom stereocenters. The third-order valence-corrected chi connectivity index (χ3v) is 5.72. The monoisotopic (exact) mass is 449 g/mol. The summed E-state index contributed by atoms with van der Waals surface area (Å²) in [6.07, 6.45) is 5.66. The van der Waals surface area contributed by atoms with Gasteiger partial charge in [-0.25, -0.2) is 9.97 Å². The molecule has 2 N–H and O–H groups in total. The lowest BCUT2D eigenvalue weighted by molar-refractivity contribution is -0.118. The van der Waals surface area contributed by atoms with Gasteiger partial charge in [-0.15, -0.1) is 0 Å². The summed E-state index contributed by atoms with van der Waals surface area (Å²) < 4.78 is 1.90. The van der Waals surface area contributed by atoms with Crippen LogP contribution in [0.2, 0.25) is 0 Å². The van der Waals surface area contributed by atoms with Crippen LogP contribution in [-0.4, -0.2) is 57.8 Å². The SMILES string of the molecule is Cc1nc(NCc2cnn(Cc3ccnc(N(C)C)c3)c2)nc2c1NC(=O)C(C(C)C)N2C. The van der Waals surface area contributed by atoms with Crippen molar-refractivity contribution in [2.24, 2.45) is 5.92 Å². The van der Waals surface area contributed by atoms with Crippen LogP contribution < -0.4 is 20.4 Å². The van der Waals surface area contributed by atoms with Crippen molar-refractivity contribution >= 4 is 29.2 Å². The zero-order valence-corrected chi connectivity index (χ0v) is 20.0. The van der Waals surface area contributed by atoms with Gasteiger partial charge >= 0.3 is 0 Å². The molecule has 1 aliphatic rings. The van der Waals surface area contributed by atoms with Crippen LogP contribution in [0.15, 0.2) is 30.7 Å². The fraction of sp³-hybridized carbons (Fsp3) is 0.435. The van der Waals surface area contributed by atoms with Gasteiger partial charge in [0.2, 0.25) is 11.9 Å². The van der Waals surface area contributed by atoms with E-state index in [0.717, 1.165) is 28.5 Å². The van der Waals surface area contributed by atoms with E-state index in [-0.39, 0.29) is 17.9 Å². The molecule has 1 unspecified atom stereocenters. The van der Waals surface area contributed by atoms with Crippen molar-refractivity contribution in [3.05, 3.63) is 47.5 Å². The van der Waals surface area contributed by atoms with Crippen molar-refractivity contribution in [2.45, 2.75) is 39.9 Å². The highest BCUT2D eigenvalue weighted by Crippen LogP contribution is 2.34. The van der Waals surface area contributed by atoms with E-state index in [9.17, 15) is 4.79 Å². The van der Waals surface area contributed by atoms with Gasteiger partial charge < -0.3 is 20.4 Å². The maximum Gasteiger partial charge on any atom is 0.247 e. The van der Waals surface area contributed by atoms with Crippen LogP contribution in [-0.2, 0) is 17.9 Å². The van der Waals surface area contributed by atoms with E-state index in [4.69, 9.17) is 0 Å². The Morgan fingerprint density at radius 1 is 1.24 bits per heavy atom. The van der Waals surface area contributed by atoms with E-state index in [1.807, 2.05) is 81.1 Å². The Hall–Kier alpha value is -3.69. The predicted molar refractivity (Wildman–Crippen MR) is 130 cm³/mol. The number of hydrogen-bond donors (Lipinski definition) is 2. The first kappa shape index (κ1) is 22.5. The molecule has 3 aromatic heterocycles. The number of pyridine rings is 1. The normalized spacial score (nSPS) is 15.4. The number of nitrogens with zero attached hydrogens (tertiary/aromatic N) is 7. The highest BCUT2D eigenvalue weighted by atomic mass is 16.2. The first-order valence-corrected chi connectivity index (χ1v) is 11.0. The molecule has 0 saturated carbocycles. The number of nitrogens with one attached hydrogen (secondary N) is 2. The Bertz CT molecular complexity index is 1150. The zero-order chi connectivity index (χ0) is 23.7. The number of rotatable bonds is 7. The summed E-state index contributed by atoms with van der Waals surface area (Å²) in [5, 5.41) is 10.8. The van der Waals surface area contributed by atoms with Gasteiger partial charge in [-0.1, -0.05) is 13.8 Å². The minimum Gasteiger partial charge on any atom is -0.363 e. The van der Waals surface area contributed by atoms with Crippen LogP contribution in [0.25, 0.3) is 0 Å². The maximum absolute atomic E-state index is 12.5. The molecule has 1 amide bonds. The van der Waals surface area contributed by atoms with E-state index >= 15 is 0 Å². The first-order chi connectivity index (χ1) is 15.7. The standard InChI is InChI=1S/C23H31N9O/c1-14(2)20-22(33)28-19-15(3)27-23(29-21(19)31(20)6)25-10-17-11-26-32(13-17)12-16-7-8-24-18(9-16)30(4)5/h7-9,11,13-14,20H,10,12H2,1-6H3,(H,28,33)(H,25,27,29). The Labute approximate surface area is 194 Å². The van der Waals surface area contributed by atoms with Crippen LogP contribution in [0, 0.1) is 12.8 Å². The smallest absolute Gasteiger partial charge is 0.247 e. The Balaban J connectivity index is 1.45. The quantitative estimate of drug-likeness (QED) is 0.567. The molecule has 0 fully saturated rings. The highest BCUT2D eigenvalue weighted by molar-refractivity contribution is 6.03. The fourth-order valence-corrected chi connectivity index (χ4v) is 4.05. The molecule has 0 spiro atoms. The van der Waals surface area contributed by atoms with E-state index in [1.54, 1.807) is 0 Å². The largest absolute Gasteiger partial charge is 0.363 e. The third kappa shape index (κ3) is 4.74. The first-order valence-electron chi connectivity index (χ1n) is 11.0. The van der Waals surface area contributed by atoms with Crippen LogP contribution in [0.1, 0.15) is 30.7 Å². The average molecular weight is 450 g/mol. The molecule has 1 aliphatic heterocycles. The lowest BCUT2D eigenvalue weighted by Gasteiger charge is -2.36. The number of carbonyl (C=O) groups is 1. The van der Waals surface area contributed by atoms with Crippen LogP contribution >= 0.6 is 0 Å². The molecule has 0 bridgehead atoms. The van der Waals surface area contributed by atoms with Crippen molar-refractivity contribution in [3.63, 3.8) is 0 Å². The van der Waals surface area contributed by atoms with E-state index in [2.05, 4.69) is 36.8 Å². The average Bonchev–Trinajstić information content (AvgIpc) is 3.20. The lowest BCUT2D eigenvalue weighted by Crippen LogP contribution is -2.49. The molecule has 174 valence electrons. The molecular weight excluding hydrogens is 418 g/mol. The third-order valence-electron chi connectivity index (χ3n) is 5.72. The number of anilines is 4. The van der Waals surface area contributed by atoms with Crippen LogP contribution in [0.4, 0.5) is 23.3 Å². The molecule has 0 aliphatic carbocycles. The fourth-order valence-electron chi connectivity index (χ4n) is 4.05. The summed E-state index contributed by atoms with van der Waals surface area (Å²) in [5.74, 6) is 2.31. The van der Waals surface area contributed by atoms with Crippen molar-refractivity contribution in [1.82, 2.24) is 24.7 Å². The van der Waals surface area contributed by atoms with Gasteiger partial charge in [-0.2, -0.15) is 10.1 Å². The minimum atomic E-state index is -0.265. The van der Waals surface area contributed by atoms with Crippen molar-refractivity contribution in [1.29, 1.82) is 0 Å². The topological polar surface area (TPSA) is 104 Å². The van der Waals surface area contributed by atoms with Gasteiger partial charge in [0.15, 0.2) is 5.82 Å². The Morgan fingerprint density at radius 2 is 2.03 bits per heavy atom. The number of aryl methyl sites for hydroxylation is 1. The molecule has 0 radical (unpaired) electrons. The maximum atomic E-state index is 12.5. The molecule has 0 saturated heterocycles. The number of likely N-dealkylation sites (N-methyl/N-ethyl adjacent to an activating group) is 1. The number of hydrogen-bond acceptors (Lipinski definition) is 8. The molecule has 33 heavy (non-hydrogen) atoms. The summed E-state index contributed by atoms with van der Waals surface area (Å²) in [5.41, 5.74) is 3.56. The number of carbonyl (C=O) groups excluding carboxylic acids is 1. The van der Waals surface area contributed by atoms with Gasteiger partial charge in [0.05, 0.1) is 18.4 Å². The number of amides is 1. The van der Waals surface area contributed by atoms with E-state index in [0.29, 0.717) is 24.7 Å². The highest BCUT2D eigenvalue weighted by Gasteiger charge is 2.35. The van der Waals surface area contributed by atoms with E-state index < -0.39 is 0 Å². The summed E-state index contributed by atoms with van der Waals surface area (Å²) in [7, 11) is 5.86. The lowest BCUT2D eigenvalue weighted by atomic mass is 9.99. The molecule has 0 aromatic carbocycles. The summed E-state index contributed by atoms with van der Waals surface area (Å²) in [6.45, 7) is 7.15. The van der Waals surface area contributed by atoms with Gasteiger partial charge in [-0.05, 0) is 30.5 Å². The summed E-state index contributed by atoms with van der Waals surface area (Å²) in [4.78, 5) is 30.0.